The van der Waals surface area contributed by atoms with Gasteiger partial charge in [0, 0.05) is 22.7 Å². The van der Waals surface area contributed by atoms with Gasteiger partial charge in [0.2, 0.25) is 11.7 Å². The van der Waals surface area contributed by atoms with Crippen molar-refractivity contribution in [2.24, 2.45) is 4.99 Å². The molecule has 166 valence electrons. The smallest absolute Gasteiger partial charge is 0.387 e. The molecule has 31 heavy (non-hydrogen) atoms. The number of hydrogen-bond acceptors (Lipinski definition) is 5. The molecule has 0 amide bonds. The van der Waals surface area contributed by atoms with Crippen molar-refractivity contribution in [3.63, 3.8) is 0 Å². The standard InChI is InChI=1S/C20H20ClF2N5O2.HI/c1-2-24-20(25-11-14-5-3-4-6-16(14)29-19(22)23)26-12-17-27-18(28-30-17)13-7-9-15(21)10-8-13;/h3-10,19H,2,11-12H2,1H3,(H2,24,25,26);1H. The fraction of sp³-hybridized carbons (Fsp3) is 0.250. The van der Waals surface area contributed by atoms with E-state index in [1.807, 2.05) is 6.92 Å². The van der Waals surface area contributed by atoms with E-state index in [-0.39, 0.29) is 42.8 Å². The SMILES string of the molecule is CCNC(=NCc1ccccc1OC(F)F)NCc1nc(-c2ccc(Cl)cc2)no1.I. The Labute approximate surface area is 200 Å². The first kappa shape index (κ1) is 24.8. The number of rotatable bonds is 8. The second kappa shape index (κ2) is 12.4. The molecule has 3 aromatic rings. The molecule has 1 heterocycles. The van der Waals surface area contributed by atoms with Crippen LogP contribution >= 0.6 is 35.6 Å². The normalized spacial score (nSPS) is 11.2. The zero-order valence-electron chi connectivity index (χ0n) is 16.5. The van der Waals surface area contributed by atoms with E-state index in [0.717, 1.165) is 5.56 Å². The Hall–Kier alpha value is -2.47. The Bertz CT molecular complexity index is 986. The number of nitrogens with zero attached hydrogens (tertiary/aromatic N) is 3. The largest absolute Gasteiger partial charge is 0.434 e. The second-order valence-electron chi connectivity index (χ2n) is 6.05. The molecule has 11 heteroatoms. The molecule has 0 bridgehead atoms. The van der Waals surface area contributed by atoms with Crippen LogP contribution in [0.25, 0.3) is 11.4 Å². The van der Waals surface area contributed by atoms with E-state index in [4.69, 9.17) is 16.1 Å². The number of halogens is 4. The average Bonchev–Trinajstić information content (AvgIpc) is 3.20. The Morgan fingerprint density at radius 2 is 1.90 bits per heavy atom. The summed E-state index contributed by atoms with van der Waals surface area (Å²) in [6.07, 6.45) is 0. The Morgan fingerprint density at radius 3 is 2.61 bits per heavy atom. The molecule has 0 aliphatic heterocycles. The van der Waals surface area contributed by atoms with Crippen LogP contribution < -0.4 is 15.4 Å². The zero-order chi connectivity index (χ0) is 21.3. The molecule has 0 spiro atoms. The van der Waals surface area contributed by atoms with Gasteiger partial charge in [-0.2, -0.15) is 13.8 Å². The molecule has 0 saturated heterocycles. The van der Waals surface area contributed by atoms with E-state index < -0.39 is 6.61 Å². The van der Waals surface area contributed by atoms with Crippen molar-refractivity contribution in [3.8, 4) is 17.1 Å². The molecule has 0 aliphatic rings. The summed E-state index contributed by atoms with van der Waals surface area (Å²) in [6, 6.07) is 13.6. The molecular formula is C20H21ClF2IN5O2. The number of hydrogen-bond donors (Lipinski definition) is 2. The van der Waals surface area contributed by atoms with Crippen LogP contribution in [0, 0.1) is 0 Å². The van der Waals surface area contributed by atoms with Crippen LogP contribution in [0.3, 0.4) is 0 Å². The lowest BCUT2D eigenvalue weighted by atomic mass is 10.2. The van der Waals surface area contributed by atoms with Crippen molar-refractivity contribution in [1.29, 1.82) is 0 Å². The fourth-order valence-electron chi connectivity index (χ4n) is 2.55. The van der Waals surface area contributed by atoms with Gasteiger partial charge in [0.05, 0.1) is 13.1 Å². The van der Waals surface area contributed by atoms with Crippen molar-refractivity contribution >= 4 is 41.5 Å². The van der Waals surface area contributed by atoms with E-state index in [1.54, 1.807) is 42.5 Å². The number of aromatic nitrogens is 2. The zero-order valence-corrected chi connectivity index (χ0v) is 19.6. The van der Waals surface area contributed by atoms with E-state index in [1.165, 1.54) is 6.07 Å². The first-order valence-electron chi connectivity index (χ1n) is 9.18. The first-order valence-corrected chi connectivity index (χ1v) is 9.56. The monoisotopic (exact) mass is 563 g/mol. The fourth-order valence-corrected chi connectivity index (χ4v) is 2.68. The summed E-state index contributed by atoms with van der Waals surface area (Å²) < 4.78 is 34.9. The van der Waals surface area contributed by atoms with Gasteiger partial charge in [0.15, 0.2) is 5.96 Å². The number of nitrogens with one attached hydrogen (secondary N) is 2. The highest BCUT2D eigenvalue weighted by Crippen LogP contribution is 2.21. The van der Waals surface area contributed by atoms with Crippen LogP contribution in [0.1, 0.15) is 18.4 Å². The summed E-state index contributed by atoms with van der Waals surface area (Å²) in [5.41, 5.74) is 1.32. The number of benzene rings is 2. The van der Waals surface area contributed by atoms with E-state index in [0.29, 0.717) is 34.8 Å². The Kier molecular flexibility index (Phi) is 9.92. The summed E-state index contributed by atoms with van der Waals surface area (Å²) in [5, 5.41) is 10.7. The summed E-state index contributed by atoms with van der Waals surface area (Å²) >= 11 is 5.89. The van der Waals surface area contributed by atoms with Gasteiger partial charge in [0.1, 0.15) is 5.75 Å². The van der Waals surface area contributed by atoms with Gasteiger partial charge in [-0.1, -0.05) is 35.0 Å². The summed E-state index contributed by atoms with van der Waals surface area (Å²) in [6.45, 7) is 0.0191. The maximum atomic E-state index is 12.6. The predicted octanol–water partition coefficient (Wildman–Crippen LogP) is 4.86. The summed E-state index contributed by atoms with van der Waals surface area (Å²) in [7, 11) is 0. The molecule has 2 N–H and O–H groups in total. The molecule has 0 saturated carbocycles. The van der Waals surface area contributed by atoms with Crippen molar-refractivity contribution in [1.82, 2.24) is 20.8 Å². The van der Waals surface area contributed by atoms with Gasteiger partial charge >= 0.3 is 6.61 Å². The van der Waals surface area contributed by atoms with Crippen LogP contribution in [0.2, 0.25) is 5.02 Å². The van der Waals surface area contributed by atoms with Gasteiger partial charge in [-0.3, -0.25) is 0 Å². The van der Waals surface area contributed by atoms with Gasteiger partial charge in [0.25, 0.3) is 0 Å². The van der Waals surface area contributed by atoms with Crippen molar-refractivity contribution < 1.29 is 18.0 Å². The second-order valence-corrected chi connectivity index (χ2v) is 6.49. The van der Waals surface area contributed by atoms with E-state index in [9.17, 15) is 8.78 Å². The quantitative estimate of drug-likeness (QED) is 0.231. The van der Waals surface area contributed by atoms with E-state index >= 15 is 0 Å². The highest BCUT2D eigenvalue weighted by atomic mass is 127. The number of para-hydroxylation sites is 1. The van der Waals surface area contributed by atoms with Gasteiger partial charge < -0.3 is 19.9 Å². The van der Waals surface area contributed by atoms with Crippen molar-refractivity contribution in [3.05, 3.63) is 65.0 Å². The number of ether oxygens (including phenoxy) is 1. The minimum atomic E-state index is -2.89. The molecule has 1 aromatic heterocycles. The molecule has 2 aromatic carbocycles. The minimum absolute atomic E-state index is 0. The van der Waals surface area contributed by atoms with Crippen molar-refractivity contribution in [2.75, 3.05) is 6.54 Å². The first-order chi connectivity index (χ1) is 14.5. The lowest BCUT2D eigenvalue weighted by Gasteiger charge is -2.11. The van der Waals surface area contributed by atoms with E-state index in [2.05, 4.69) is 30.5 Å². The summed E-state index contributed by atoms with van der Waals surface area (Å²) in [5.74, 6) is 1.38. The maximum Gasteiger partial charge on any atom is 0.387 e. The Morgan fingerprint density at radius 1 is 1.16 bits per heavy atom. The van der Waals surface area contributed by atoms with Gasteiger partial charge in [-0.25, -0.2) is 4.99 Å². The van der Waals surface area contributed by atoms with Crippen LogP contribution in [-0.2, 0) is 13.1 Å². The molecule has 7 nitrogen and oxygen atoms in total. The molecule has 3 rings (SSSR count). The van der Waals surface area contributed by atoms with Crippen LogP contribution in [-0.4, -0.2) is 29.3 Å². The molecule has 0 radical (unpaired) electrons. The third-order valence-corrected chi connectivity index (χ3v) is 4.17. The molecule has 0 atom stereocenters. The van der Waals surface area contributed by atoms with Gasteiger partial charge in [-0.15, -0.1) is 24.0 Å². The summed E-state index contributed by atoms with van der Waals surface area (Å²) in [4.78, 5) is 8.74. The molecule has 0 aliphatic carbocycles. The molecule has 0 unspecified atom stereocenters. The maximum absolute atomic E-state index is 12.6. The predicted molar refractivity (Wildman–Crippen MR) is 125 cm³/mol. The lowest BCUT2D eigenvalue weighted by molar-refractivity contribution is -0.0504. The average molecular weight is 564 g/mol. The topological polar surface area (TPSA) is 84.6 Å². The van der Waals surface area contributed by atoms with Crippen LogP contribution in [0.4, 0.5) is 8.78 Å². The highest BCUT2D eigenvalue weighted by Gasteiger charge is 2.11. The third-order valence-electron chi connectivity index (χ3n) is 3.92. The number of guanidine groups is 1. The third kappa shape index (κ3) is 7.62. The Balaban J connectivity index is 0.00000341. The minimum Gasteiger partial charge on any atom is -0.434 e. The van der Waals surface area contributed by atoms with Crippen molar-refractivity contribution in [2.45, 2.75) is 26.6 Å². The number of aliphatic imine (C=N–C) groups is 1. The molecule has 0 fully saturated rings. The highest BCUT2D eigenvalue weighted by molar-refractivity contribution is 14.0. The van der Waals surface area contributed by atoms with Crippen LogP contribution in [0.5, 0.6) is 5.75 Å². The van der Waals surface area contributed by atoms with Crippen LogP contribution in [0.15, 0.2) is 58.0 Å². The molecular weight excluding hydrogens is 543 g/mol. The lowest BCUT2D eigenvalue weighted by Crippen LogP contribution is -2.36. The van der Waals surface area contributed by atoms with Gasteiger partial charge in [-0.05, 0) is 37.3 Å². The number of alkyl halides is 2.